The van der Waals surface area contributed by atoms with Gasteiger partial charge in [0.05, 0.1) is 0 Å². The van der Waals surface area contributed by atoms with Crippen molar-refractivity contribution < 1.29 is 16.8 Å². The van der Waals surface area contributed by atoms with Crippen LogP contribution in [-0.4, -0.2) is 31.9 Å². The maximum Gasteiger partial charge on any atom is 0.215 e. The monoisotopic (exact) mass is 282 g/mol. The Labute approximate surface area is 98.8 Å². The Morgan fingerprint density at radius 3 is 1.62 bits per heavy atom. The molecule has 1 aliphatic heterocycles. The van der Waals surface area contributed by atoms with E-state index in [0.29, 0.717) is 22.3 Å². The Morgan fingerprint density at radius 2 is 1.31 bits per heavy atom. The van der Waals surface area contributed by atoms with Crippen LogP contribution in [0.15, 0.2) is 24.0 Å². The van der Waals surface area contributed by atoms with E-state index < -0.39 is 33.7 Å². The maximum absolute atomic E-state index is 11.7. The van der Waals surface area contributed by atoms with Crippen molar-refractivity contribution in [2.45, 2.75) is 12.8 Å². The first-order valence-electron chi connectivity index (χ1n) is 4.64. The van der Waals surface area contributed by atoms with Crippen LogP contribution in [0.4, 0.5) is 0 Å². The summed E-state index contributed by atoms with van der Waals surface area (Å²) in [7, 11) is -8.47. The van der Waals surface area contributed by atoms with E-state index in [4.69, 9.17) is 0 Å². The van der Waals surface area contributed by atoms with Crippen LogP contribution in [-0.2, 0) is 19.7 Å². The first-order valence-corrected chi connectivity index (χ1v) is 9.30. The highest BCUT2D eigenvalue weighted by Crippen LogP contribution is 2.31. The molecule has 0 atom stereocenters. The van der Waals surface area contributed by atoms with E-state index in [1.165, 1.54) is 0 Å². The van der Waals surface area contributed by atoms with Crippen molar-refractivity contribution in [2.75, 3.05) is 11.5 Å². The summed E-state index contributed by atoms with van der Waals surface area (Å²) in [5.41, 5.74) is 0. The maximum atomic E-state index is 11.7. The Morgan fingerprint density at radius 1 is 0.938 bits per heavy atom. The summed E-state index contributed by atoms with van der Waals surface area (Å²) >= 11 is 0. The van der Waals surface area contributed by atoms with Gasteiger partial charge < -0.3 is 0 Å². The minimum Gasteiger partial charge on any atom is -0.218 e. The molecule has 4 nitrogen and oxygen atoms in total. The van der Waals surface area contributed by atoms with Gasteiger partial charge in [0.1, 0.15) is 0 Å². The highest BCUT2D eigenvalue weighted by Gasteiger charge is 2.30. The molecule has 1 aliphatic rings. The summed E-state index contributed by atoms with van der Waals surface area (Å²) in [5.74, 6) is 1.24. The molecule has 0 radical (unpaired) electrons. The zero-order valence-corrected chi connectivity index (χ0v) is 11.2. The average molecular weight is 282 g/mol. The van der Waals surface area contributed by atoms with Crippen LogP contribution in [0.5, 0.6) is 0 Å². The molecule has 0 bridgehead atoms. The van der Waals surface area contributed by atoms with E-state index in [1.807, 2.05) is 0 Å². The van der Waals surface area contributed by atoms with Gasteiger partial charge in [-0.15, -0.1) is 0 Å². The minimum atomic E-state index is -3.88. The molecular weight excluding hydrogens is 268 g/mol. The largest absolute Gasteiger partial charge is 0.218 e. The van der Waals surface area contributed by atoms with Gasteiger partial charge in [0.25, 0.3) is 0 Å². The number of hydrogen-bond donors (Lipinski definition) is 0. The van der Waals surface area contributed by atoms with Crippen LogP contribution in [0.2, 0.25) is 0 Å². The van der Waals surface area contributed by atoms with Gasteiger partial charge >= 0.3 is 0 Å². The Bertz CT molecular complexity index is 489. The van der Waals surface area contributed by atoms with Crippen molar-refractivity contribution in [1.82, 2.24) is 0 Å². The molecule has 1 heterocycles. The average Bonchev–Trinajstić information content (AvgIpc) is 2.70. The summed E-state index contributed by atoms with van der Waals surface area (Å²) in [6.45, 7) is 6.34. The van der Waals surface area contributed by atoms with Gasteiger partial charge in [-0.25, -0.2) is 16.8 Å². The Balaban J connectivity index is 3.55. The molecule has 0 aromatic rings. The van der Waals surface area contributed by atoms with Crippen LogP contribution in [0.1, 0.15) is 12.8 Å². The zero-order chi connectivity index (χ0) is 12.4. The lowest BCUT2D eigenvalue weighted by atomic mass is 10.4. The summed E-state index contributed by atoms with van der Waals surface area (Å²) < 4.78 is 46.5. The lowest BCUT2D eigenvalue weighted by Crippen LogP contribution is -2.21. The van der Waals surface area contributed by atoms with Crippen molar-refractivity contribution in [3.63, 3.8) is 0 Å². The third-order valence-corrected chi connectivity index (χ3v) is 10.2. The number of hydrogen-bond acceptors (Lipinski definition) is 4. The molecule has 0 amide bonds. The summed E-state index contributed by atoms with van der Waals surface area (Å²) in [6, 6.07) is 0. The van der Waals surface area contributed by atoms with Crippen molar-refractivity contribution >= 4 is 33.7 Å². The van der Waals surface area contributed by atoms with Gasteiger partial charge in [-0.05, 0) is 24.3 Å². The molecular formula is C9H14O4S3. The standard InChI is InChI=1S/C9H14O4S3/c1-3-15(10,11)9(16(12,13)4-2)14-7-5-6-8-14/h3-4H,1-2,5-8H2. The predicted octanol–water partition coefficient (Wildman–Crippen LogP) is 1.25. The van der Waals surface area contributed by atoms with Gasteiger partial charge in [-0.2, -0.15) is 10.5 Å². The second-order valence-electron chi connectivity index (χ2n) is 3.28. The first-order chi connectivity index (χ1) is 7.35. The lowest BCUT2D eigenvalue weighted by Gasteiger charge is -2.08. The summed E-state index contributed by atoms with van der Waals surface area (Å²) in [5, 5.41) is 1.41. The number of sulfone groups is 2. The second-order valence-corrected chi connectivity index (χ2v) is 9.93. The smallest absolute Gasteiger partial charge is 0.215 e. The predicted molar refractivity (Wildman–Crippen MR) is 69.8 cm³/mol. The van der Waals surface area contributed by atoms with Crippen LogP contribution in [0, 0.1) is 0 Å². The Kier molecular flexibility index (Phi) is 4.14. The van der Waals surface area contributed by atoms with Gasteiger partial charge in [-0.1, -0.05) is 13.2 Å². The fraction of sp³-hybridized carbons (Fsp3) is 0.444. The van der Waals surface area contributed by atoms with Crippen LogP contribution < -0.4 is 0 Å². The topological polar surface area (TPSA) is 68.3 Å². The van der Waals surface area contributed by atoms with Crippen LogP contribution in [0.25, 0.3) is 0 Å². The Hall–Kier alpha value is -0.400. The van der Waals surface area contributed by atoms with Gasteiger partial charge in [0.2, 0.25) is 19.7 Å². The highest BCUT2D eigenvalue weighted by molar-refractivity contribution is 8.49. The lowest BCUT2D eigenvalue weighted by molar-refractivity contribution is 0.612. The molecule has 0 aliphatic carbocycles. The summed E-state index contributed by atoms with van der Waals surface area (Å²) in [4.78, 5) is 0. The van der Waals surface area contributed by atoms with Crippen molar-refractivity contribution in [1.29, 1.82) is 0 Å². The third kappa shape index (κ3) is 2.64. The molecule has 1 rings (SSSR count). The zero-order valence-electron chi connectivity index (χ0n) is 8.76. The SMILES string of the molecule is C=CS(=O)(=O)C(=S1CCCC1)S(=O)(=O)C=C. The summed E-state index contributed by atoms with van der Waals surface area (Å²) in [6.07, 6.45) is 1.73. The normalized spacial score (nSPS) is 18.2. The quantitative estimate of drug-likeness (QED) is 0.715. The highest BCUT2D eigenvalue weighted by atomic mass is 32.3. The van der Waals surface area contributed by atoms with E-state index >= 15 is 0 Å². The molecule has 0 N–H and O–H groups in total. The molecule has 0 aromatic heterocycles. The molecule has 0 aromatic carbocycles. The molecule has 0 spiro atoms. The van der Waals surface area contributed by atoms with E-state index in [1.54, 1.807) is 0 Å². The van der Waals surface area contributed by atoms with Crippen LogP contribution >= 0.6 is 10.5 Å². The van der Waals surface area contributed by atoms with Gasteiger partial charge in [0.15, 0.2) is 3.53 Å². The molecule has 1 saturated heterocycles. The van der Waals surface area contributed by atoms with Crippen molar-refractivity contribution in [3.8, 4) is 0 Å². The molecule has 0 saturated carbocycles. The van der Waals surface area contributed by atoms with E-state index in [2.05, 4.69) is 13.2 Å². The van der Waals surface area contributed by atoms with Crippen molar-refractivity contribution in [3.05, 3.63) is 24.0 Å². The molecule has 1 fully saturated rings. The first kappa shape index (κ1) is 13.7. The fourth-order valence-corrected chi connectivity index (χ4v) is 9.10. The fourth-order valence-electron chi connectivity index (χ4n) is 1.45. The molecule has 7 heteroatoms. The van der Waals surface area contributed by atoms with Crippen molar-refractivity contribution in [2.24, 2.45) is 0 Å². The van der Waals surface area contributed by atoms with Crippen LogP contribution in [0.3, 0.4) is 0 Å². The molecule has 92 valence electrons. The van der Waals surface area contributed by atoms with Gasteiger partial charge in [0, 0.05) is 10.8 Å². The number of rotatable bonds is 2. The van der Waals surface area contributed by atoms with E-state index in [9.17, 15) is 16.8 Å². The molecule has 16 heavy (non-hydrogen) atoms. The molecule has 0 unspecified atom stereocenters. The minimum absolute atomic E-state index is 0.400. The second kappa shape index (κ2) is 4.85. The van der Waals surface area contributed by atoms with E-state index in [-0.39, 0.29) is 0 Å². The van der Waals surface area contributed by atoms with Gasteiger partial charge in [-0.3, -0.25) is 0 Å². The van der Waals surface area contributed by atoms with E-state index in [0.717, 1.165) is 12.8 Å². The third-order valence-electron chi connectivity index (χ3n) is 2.17.